The topological polar surface area (TPSA) is 75.7 Å². The van der Waals surface area contributed by atoms with Gasteiger partial charge >= 0.3 is 0 Å². The number of hydrogen-bond acceptors (Lipinski definition) is 4. The van der Waals surface area contributed by atoms with Gasteiger partial charge in [-0.15, -0.1) is 0 Å². The fraction of sp³-hybridized carbons (Fsp3) is 0.316. The number of carbonyl (C=O) groups is 1. The molecule has 0 aliphatic heterocycles. The molecular weight excluding hydrogens is 352 g/mol. The van der Waals surface area contributed by atoms with E-state index in [0.717, 1.165) is 0 Å². The Balaban J connectivity index is 2.05. The molecule has 0 heterocycles. The van der Waals surface area contributed by atoms with E-state index in [-0.39, 0.29) is 17.4 Å². The standard InChI is InChI=1S/C19H24N2O4S/c1-4-21(5-2)26(23,24)17-11-12-18(15(3)13-17)25-14-19(22)20-16-9-7-6-8-10-16/h6-13H,4-5,14H2,1-3H3,(H,20,22). The van der Waals surface area contributed by atoms with Gasteiger partial charge in [0.15, 0.2) is 6.61 Å². The van der Waals surface area contributed by atoms with Crippen molar-refractivity contribution in [1.29, 1.82) is 0 Å². The Bertz CT molecular complexity index is 847. The zero-order valence-corrected chi connectivity index (χ0v) is 16.0. The molecule has 0 aromatic heterocycles. The molecule has 2 aromatic rings. The van der Waals surface area contributed by atoms with Crippen molar-refractivity contribution in [2.45, 2.75) is 25.7 Å². The van der Waals surface area contributed by atoms with Crippen molar-refractivity contribution in [3.8, 4) is 5.75 Å². The Morgan fingerprint density at radius 3 is 2.31 bits per heavy atom. The van der Waals surface area contributed by atoms with Gasteiger partial charge in [-0.05, 0) is 42.8 Å². The molecule has 0 aliphatic carbocycles. The summed E-state index contributed by atoms with van der Waals surface area (Å²) in [4.78, 5) is 12.2. The maximum absolute atomic E-state index is 12.5. The van der Waals surface area contributed by atoms with E-state index in [1.54, 1.807) is 45.0 Å². The van der Waals surface area contributed by atoms with Crippen LogP contribution in [0, 0.1) is 6.92 Å². The van der Waals surface area contributed by atoms with Crippen molar-refractivity contribution in [2.75, 3.05) is 25.0 Å². The van der Waals surface area contributed by atoms with Crippen LogP contribution in [-0.4, -0.2) is 38.3 Å². The summed E-state index contributed by atoms with van der Waals surface area (Å²) in [5.41, 5.74) is 1.35. The predicted molar refractivity (Wildman–Crippen MR) is 102 cm³/mol. The molecule has 0 spiro atoms. The largest absolute Gasteiger partial charge is 0.483 e. The second kappa shape index (κ2) is 8.82. The summed E-state index contributed by atoms with van der Waals surface area (Å²) >= 11 is 0. The van der Waals surface area contributed by atoms with Crippen LogP contribution in [-0.2, 0) is 14.8 Å². The van der Waals surface area contributed by atoms with Gasteiger partial charge in [0, 0.05) is 18.8 Å². The molecule has 0 fully saturated rings. The highest BCUT2D eigenvalue weighted by atomic mass is 32.2. The van der Waals surface area contributed by atoms with E-state index < -0.39 is 10.0 Å². The second-order valence-corrected chi connectivity index (χ2v) is 7.66. The SMILES string of the molecule is CCN(CC)S(=O)(=O)c1ccc(OCC(=O)Nc2ccccc2)c(C)c1. The molecule has 0 radical (unpaired) electrons. The molecule has 2 rings (SSSR count). The Kier molecular flexibility index (Phi) is 6.76. The van der Waals surface area contributed by atoms with E-state index in [4.69, 9.17) is 4.74 Å². The van der Waals surface area contributed by atoms with Crippen molar-refractivity contribution in [2.24, 2.45) is 0 Å². The lowest BCUT2D eigenvalue weighted by Gasteiger charge is -2.19. The van der Waals surface area contributed by atoms with E-state index >= 15 is 0 Å². The van der Waals surface area contributed by atoms with Gasteiger partial charge in [-0.3, -0.25) is 4.79 Å². The lowest BCUT2D eigenvalue weighted by atomic mass is 10.2. The maximum Gasteiger partial charge on any atom is 0.262 e. The Hall–Kier alpha value is -2.38. The third kappa shape index (κ3) is 4.83. The van der Waals surface area contributed by atoms with E-state index in [1.165, 1.54) is 10.4 Å². The van der Waals surface area contributed by atoms with Crippen molar-refractivity contribution in [3.05, 3.63) is 54.1 Å². The minimum atomic E-state index is -3.51. The fourth-order valence-corrected chi connectivity index (χ4v) is 4.06. The smallest absolute Gasteiger partial charge is 0.262 e. The quantitative estimate of drug-likeness (QED) is 0.768. The number of rotatable bonds is 8. The number of anilines is 1. The number of benzene rings is 2. The molecule has 26 heavy (non-hydrogen) atoms. The minimum Gasteiger partial charge on any atom is -0.483 e. The Morgan fingerprint density at radius 1 is 1.08 bits per heavy atom. The number of carbonyl (C=O) groups excluding carboxylic acids is 1. The Labute approximate surface area is 154 Å². The summed E-state index contributed by atoms with van der Waals surface area (Å²) in [6, 6.07) is 13.8. The van der Waals surface area contributed by atoms with Crippen molar-refractivity contribution >= 4 is 21.6 Å². The monoisotopic (exact) mass is 376 g/mol. The number of para-hydroxylation sites is 1. The summed E-state index contributed by atoms with van der Waals surface area (Å²) in [7, 11) is -3.51. The maximum atomic E-state index is 12.5. The number of amides is 1. The number of hydrogen-bond donors (Lipinski definition) is 1. The number of sulfonamides is 1. The molecule has 2 aromatic carbocycles. The molecular formula is C19H24N2O4S. The molecule has 7 heteroatoms. The summed E-state index contributed by atoms with van der Waals surface area (Å²) in [5.74, 6) is 0.196. The third-order valence-corrected chi connectivity index (χ3v) is 5.95. The van der Waals surface area contributed by atoms with Crippen LogP contribution >= 0.6 is 0 Å². The first-order valence-electron chi connectivity index (χ1n) is 8.47. The number of nitrogens with zero attached hydrogens (tertiary/aromatic N) is 1. The highest BCUT2D eigenvalue weighted by molar-refractivity contribution is 7.89. The zero-order valence-electron chi connectivity index (χ0n) is 15.2. The van der Waals surface area contributed by atoms with Crippen LogP contribution in [0.3, 0.4) is 0 Å². The first kappa shape index (κ1) is 19.9. The van der Waals surface area contributed by atoms with E-state index in [1.807, 2.05) is 18.2 Å². The average Bonchev–Trinajstić information content (AvgIpc) is 2.62. The highest BCUT2D eigenvalue weighted by Gasteiger charge is 2.22. The van der Waals surface area contributed by atoms with Gasteiger partial charge in [0.2, 0.25) is 10.0 Å². The summed E-state index contributed by atoms with van der Waals surface area (Å²) < 4.78 is 32.0. The first-order chi connectivity index (χ1) is 12.4. The van der Waals surface area contributed by atoms with E-state index in [9.17, 15) is 13.2 Å². The fourth-order valence-electron chi connectivity index (χ4n) is 2.52. The molecule has 1 N–H and O–H groups in total. The highest BCUT2D eigenvalue weighted by Crippen LogP contribution is 2.24. The molecule has 0 unspecified atom stereocenters. The van der Waals surface area contributed by atoms with Crippen molar-refractivity contribution in [3.63, 3.8) is 0 Å². The lowest BCUT2D eigenvalue weighted by molar-refractivity contribution is -0.118. The van der Waals surface area contributed by atoms with Crippen LogP contribution in [0.4, 0.5) is 5.69 Å². The molecule has 0 saturated carbocycles. The zero-order chi connectivity index (χ0) is 19.2. The number of aryl methyl sites for hydroxylation is 1. The van der Waals surface area contributed by atoms with Gasteiger partial charge in [0.05, 0.1) is 4.90 Å². The van der Waals surface area contributed by atoms with Crippen LogP contribution in [0.25, 0.3) is 0 Å². The molecule has 0 atom stereocenters. The normalized spacial score (nSPS) is 11.4. The molecule has 1 amide bonds. The molecule has 140 valence electrons. The Morgan fingerprint density at radius 2 is 1.73 bits per heavy atom. The van der Waals surface area contributed by atoms with Crippen LogP contribution in [0.5, 0.6) is 5.75 Å². The lowest BCUT2D eigenvalue weighted by Crippen LogP contribution is -2.30. The summed E-state index contributed by atoms with van der Waals surface area (Å²) in [6.45, 7) is 6.03. The summed E-state index contributed by atoms with van der Waals surface area (Å²) in [5, 5.41) is 2.73. The second-order valence-electron chi connectivity index (χ2n) is 5.72. The van der Waals surface area contributed by atoms with Crippen molar-refractivity contribution < 1.29 is 17.9 Å². The van der Waals surface area contributed by atoms with Gasteiger partial charge < -0.3 is 10.1 Å². The number of ether oxygens (including phenoxy) is 1. The van der Waals surface area contributed by atoms with Gasteiger partial charge in [0.1, 0.15) is 5.75 Å². The average molecular weight is 376 g/mol. The van der Waals surface area contributed by atoms with Gasteiger partial charge in [-0.1, -0.05) is 32.0 Å². The van der Waals surface area contributed by atoms with Crippen LogP contribution in [0.1, 0.15) is 19.4 Å². The predicted octanol–water partition coefficient (Wildman–Crippen LogP) is 3.04. The molecule has 6 nitrogen and oxygen atoms in total. The molecule has 0 bridgehead atoms. The van der Waals surface area contributed by atoms with Gasteiger partial charge in [-0.2, -0.15) is 4.31 Å². The van der Waals surface area contributed by atoms with E-state index in [2.05, 4.69) is 5.32 Å². The molecule has 0 saturated heterocycles. The first-order valence-corrected chi connectivity index (χ1v) is 9.91. The third-order valence-electron chi connectivity index (χ3n) is 3.91. The van der Waals surface area contributed by atoms with Crippen LogP contribution in [0.15, 0.2) is 53.4 Å². The van der Waals surface area contributed by atoms with Gasteiger partial charge in [-0.25, -0.2) is 8.42 Å². The van der Waals surface area contributed by atoms with Gasteiger partial charge in [0.25, 0.3) is 5.91 Å². The van der Waals surface area contributed by atoms with Crippen LogP contribution in [0.2, 0.25) is 0 Å². The van der Waals surface area contributed by atoms with Crippen LogP contribution < -0.4 is 10.1 Å². The minimum absolute atomic E-state index is 0.155. The molecule has 0 aliphatic rings. The number of nitrogens with one attached hydrogen (secondary N) is 1. The van der Waals surface area contributed by atoms with E-state index in [0.29, 0.717) is 30.1 Å². The summed E-state index contributed by atoms with van der Waals surface area (Å²) in [6.07, 6.45) is 0. The van der Waals surface area contributed by atoms with Crippen molar-refractivity contribution in [1.82, 2.24) is 4.31 Å².